The Morgan fingerprint density at radius 2 is 1.79 bits per heavy atom. The van der Waals surface area contributed by atoms with Crippen molar-refractivity contribution in [1.29, 1.82) is 0 Å². The van der Waals surface area contributed by atoms with Gasteiger partial charge in [0.15, 0.2) is 0 Å². The number of hydrogen-bond donors (Lipinski definition) is 1. The minimum absolute atomic E-state index is 0.235. The molecular weight excluding hydrogens is 242 g/mol. The molecule has 0 aromatic carbocycles. The third-order valence-corrected chi connectivity index (χ3v) is 3.04. The van der Waals surface area contributed by atoms with Gasteiger partial charge in [0.1, 0.15) is 0 Å². The van der Waals surface area contributed by atoms with Crippen LogP contribution in [0.3, 0.4) is 0 Å². The molecule has 0 heterocycles. The smallest absolute Gasteiger partial charge is 0.304 e. The number of rotatable bonds is 13. The van der Waals surface area contributed by atoms with Gasteiger partial charge < -0.3 is 14.7 Å². The van der Waals surface area contributed by atoms with E-state index >= 15 is 0 Å². The van der Waals surface area contributed by atoms with E-state index in [1.54, 1.807) is 0 Å². The summed E-state index contributed by atoms with van der Waals surface area (Å²) in [6, 6.07) is 0. The lowest BCUT2D eigenvalue weighted by Gasteiger charge is -2.21. The zero-order valence-corrected chi connectivity index (χ0v) is 12.9. The van der Waals surface area contributed by atoms with Crippen molar-refractivity contribution >= 4 is 5.97 Å². The Kier molecular flexibility index (Phi) is 12.0. The molecule has 114 valence electrons. The number of nitrogens with zero attached hydrogens (tertiary/aromatic N) is 1. The molecule has 19 heavy (non-hydrogen) atoms. The molecule has 0 spiro atoms. The number of carboxylic acid groups (broad SMARTS) is 1. The maximum atomic E-state index is 10.6. The molecule has 0 aromatic heterocycles. The summed E-state index contributed by atoms with van der Waals surface area (Å²) in [5.74, 6) is -0.711. The van der Waals surface area contributed by atoms with E-state index in [9.17, 15) is 4.79 Å². The van der Waals surface area contributed by atoms with Crippen LogP contribution < -0.4 is 0 Å². The minimum atomic E-state index is -0.711. The van der Waals surface area contributed by atoms with Crippen molar-refractivity contribution in [2.45, 2.75) is 65.4 Å². The topological polar surface area (TPSA) is 49.8 Å². The van der Waals surface area contributed by atoms with E-state index in [2.05, 4.69) is 11.8 Å². The second kappa shape index (κ2) is 12.4. The third kappa shape index (κ3) is 13.6. The van der Waals surface area contributed by atoms with Crippen molar-refractivity contribution in [3.05, 3.63) is 0 Å². The standard InChI is InChI=1S/C15H31NO3/c1-4-5-6-7-10-16(12-9-15(17)18)11-8-13-19-14(2)3/h14H,4-13H2,1-3H3,(H,17,18). The van der Waals surface area contributed by atoms with Crippen LogP contribution >= 0.6 is 0 Å². The SMILES string of the molecule is CCCCCCN(CCCOC(C)C)CCC(=O)O. The fraction of sp³-hybridized carbons (Fsp3) is 0.933. The molecule has 4 nitrogen and oxygen atoms in total. The van der Waals surface area contributed by atoms with Gasteiger partial charge in [-0.25, -0.2) is 0 Å². The molecule has 0 unspecified atom stereocenters. The van der Waals surface area contributed by atoms with Gasteiger partial charge in [0, 0.05) is 19.7 Å². The lowest BCUT2D eigenvalue weighted by molar-refractivity contribution is -0.137. The number of ether oxygens (including phenoxy) is 1. The van der Waals surface area contributed by atoms with Crippen LogP contribution in [0.2, 0.25) is 0 Å². The second-order valence-corrected chi connectivity index (χ2v) is 5.32. The predicted molar refractivity (Wildman–Crippen MR) is 78.5 cm³/mol. The molecule has 0 aromatic rings. The molecular formula is C15H31NO3. The van der Waals surface area contributed by atoms with Gasteiger partial charge >= 0.3 is 5.97 Å². The number of carboxylic acids is 1. The predicted octanol–water partition coefficient (Wildman–Crippen LogP) is 3.16. The molecule has 0 atom stereocenters. The zero-order chi connectivity index (χ0) is 14.5. The number of aliphatic carboxylic acids is 1. The molecule has 0 aliphatic heterocycles. The van der Waals surface area contributed by atoms with Gasteiger partial charge in [0.05, 0.1) is 12.5 Å². The van der Waals surface area contributed by atoms with Gasteiger partial charge in [-0.2, -0.15) is 0 Å². The van der Waals surface area contributed by atoms with Crippen molar-refractivity contribution in [3.63, 3.8) is 0 Å². The maximum Gasteiger partial charge on any atom is 0.304 e. The summed E-state index contributed by atoms with van der Waals surface area (Å²) in [5, 5.41) is 8.77. The van der Waals surface area contributed by atoms with Crippen LogP contribution in [0.25, 0.3) is 0 Å². The minimum Gasteiger partial charge on any atom is -0.481 e. The number of unbranched alkanes of at least 4 members (excludes halogenated alkanes) is 3. The van der Waals surface area contributed by atoms with Crippen molar-refractivity contribution in [3.8, 4) is 0 Å². The van der Waals surface area contributed by atoms with Gasteiger partial charge in [-0.3, -0.25) is 4.79 Å². The summed E-state index contributed by atoms with van der Waals surface area (Å²) in [6.07, 6.45) is 6.39. The highest BCUT2D eigenvalue weighted by molar-refractivity contribution is 5.66. The van der Waals surface area contributed by atoms with Crippen LogP contribution in [0, 0.1) is 0 Å². The van der Waals surface area contributed by atoms with E-state index < -0.39 is 5.97 Å². The largest absolute Gasteiger partial charge is 0.481 e. The molecule has 0 saturated heterocycles. The Morgan fingerprint density at radius 3 is 2.37 bits per heavy atom. The molecule has 0 saturated carbocycles. The van der Waals surface area contributed by atoms with Crippen molar-refractivity contribution in [2.75, 3.05) is 26.2 Å². The molecule has 0 aliphatic rings. The summed E-state index contributed by atoms with van der Waals surface area (Å²) in [5.41, 5.74) is 0. The lowest BCUT2D eigenvalue weighted by atomic mass is 10.2. The van der Waals surface area contributed by atoms with Crippen molar-refractivity contribution in [1.82, 2.24) is 4.90 Å². The summed E-state index contributed by atoms with van der Waals surface area (Å²) < 4.78 is 5.52. The Balaban J connectivity index is 3.78. The van der Waals surface area contributed by atoms with Crippen LogP contribution in [0.15, 0.2) is 0 Å². The lowest BCUT2D eigenvalue weighted by Crippen LogP contribution is -2.29. The average molecular weight is 273 g/mol. The molecule has 0 rings (SSSR count). The highest BCUT2D eigenvalue weighted by atomic mass is 16.5. The quantitative estimate of drug-likeness (QED) is 0.524. The van der Waals surface area contributed by atoms with E-state index in [4.69, 9.17) is 9.84 Å². The Hall–Kier alpha value is -0.610. The van der Waals surface area contributed by atoms with Gasteiger partial charge in [-0.1, -0.05) is 26.2 Å². The van der Waals surface area contributed by atoms with Gasteiger partial charge in [0.25, 0.3) is 0 Å². The summed E-state index contributed by atoms with van der Waals surface area (Å²) in [6.45, 7) is 9.63. The molecule has 0 bridgehead atoms. The molecule has 0 radical (unpaired) electrons. The zero-order valence-electron chi connectivity index (χ0n) is 12.9. The maximum absolute atomic E-state index is 10.6. The normalized spacial score (nSPS) is 11.4. The number of hydrogen-bond acceptors (Lipinski definition) is 3. The fourth-order valence-corrected chi connectivity index (χ4v) is 1.96. The first-order chi connectivity index (χ1) is 9.06. The van der Waals surface area contributed by atoms with Crippen molar-refractivity contribution in [2.24, 2.45) is 0 Å². The van der Waals surface area contributed by atoms with E-state index in [-0.39, 0.29) is 12.5 Å². The Bertz CT molecular complexity index is 219. The van der Waals surface area contributed by atoms with E-state index in [0.29, 0.717) is 6.54 Å². The second-order valence-electron chi connectivity index (χ2n) is 5.32. The first-order valence-electron chi connectivity index (χ1n) is 7.62. The average Bonchev–Trinajstić information content (AvgIpc) is 2.35. The Labute approximate surface area is 118 Å². The monoisotopic (exact) mass is 273 g/mol. The fourth-order valence-electron chi connectivity index (χ4n) is 1.96. The summed E-state index contributed by atoms with van der Waals surface area (Å²) in [7, 11) is 0. The first kappa shape index (κ1) is 18.4. The van der Waals surface area contributed by atoms with Gasteiger partial charge in [0.2, 0.25) is 0 Å². The number of carbonyl (C=O) groups is 1. The molecule has 0 fully saturated rings. The van der Waals surface area contributed by atoms with E-state index in [1.807, 2.05) is 13.8 Å². The molecule has 4 heteroatoms. The van der Waals surface area contributed by atoms with Crippen LogP contribution in [-0.2, 0) is 9.53 Å². The molecule has 0 aliphatic carbocycles. The van der Waals surface area contributed by atoms with Crippen LogP contribution in [0.4, 0.5) is 0 Å². The van der Waals surface area contributed by atoms with Crippen LogP contribution in [0.5, 0.6) is 0 Å². The summed E-state index contributed by atoms with van der Waals surface area (Å²) >= 11 is 0. The van der Waals surface area contributed by atoms with Gasteiger partial charge in [-0.05, 0) is 33.2 Å². The Morgan fingerprint density at radius 1 is 1.11 bits per heavy atom. The molecule has 0 amide bonds. The van der Waals surface area contributed by atoms with Crippen LogP contribution in [-0.4, -0.2) is 48.3 Å². The summed E-state index contributed by atoms with van der Waals surface area (Å²) in [4.78, 5) is 12.9. The van der Waals surface area contributed by atoms with E-state index in [0.717, 1.165) is 26.1 Å². The van der Waals surface area contributed by atoms with Crippen molar-refractivity contribution < 1.29 is 14.6 Å². The highest BCUT2D eigenvalue weighted by Crippen LogP contribution is 2.03. The highest BCUT2D eigenvalue weighted by Gasteiger charge is 2.07. The molecule has 1 N–H and O–H groups in total. The van der Waals surface area contributed by atoms with Gasteiger partial charge in [-0.15, -0.1) is 0 Å². The first-order valence-corrected chi connectivity index (χ1v) is 7.62. The van der Waals surface area contributed by atoms with Crippen LogP contribution in [0.1, 0.15) is 59.3 Å². The third-order valence-electron chi connectivity index (χ3n) is 3.04. The van der Waals surface area contributed by atoms with E-state index in [1.165, 1.54) is 25.7 Å².